The first kappa shape index (κ1) is 12.5. The normalized spacial score (nSPS) is 17.3. The second-order valence-corrected chi connectivity index (χ2v) is 6.55. The Balaban J connectivity index is 1.85. The van der Waals surface area contributed by atoms with E-state index in [1.165, 1.54) is 35.4 Å². The van der Waals surface area contributed by atoms with Crippen molar-refractivity contribution in [3.8, 4) is 11.4 Å². The summed E-state index contributed by atoms with van der Waals surface area (Å²) in [6.07, 6.45) is 2.56. The summed E-state index contributed by atoms with van der Waals surface area (Å²) in [4.78, 5) is 9.65. The smallest absolute Gasteiger partial charge is 0.159 e. The van der Waals surface area contributed by atoms with Gasteiger partial charge in [-0.25, -0.2) is 9.97 Å². The molecule has 102 valence electrons. The maximum Gasteiger partial charge on any atom is 0.159 e. The minimum atomic E-state index is 0.666. The zero-order chi connectivity index (χ0) is 13.7. The summed E-state index contributed by atoms with van der Waals surface area (Å²) in [6.45, 7) is 3.90. The number of aryl methyl sites for hydroxylation is 1. The highest BCUT2D eigenvalue weighted by Gasteiger charge is 2.31. The molecule has 4 heteroatoms. The Labute approximate surface area is 127 Å². The van der Waals surface area contributed by atoms with Gasteiger partial charge in [0.2, 0.25) is 0 Å². The first-order chi connectivity index (χ1) is 9.72. The minimum Gasteiger partial charge on any atom is -0.307 e. The predicted molar refractivity (Wildman–Crippen MR) is 82.4 cm³/mol. The fraction of sp³-hybridized carbons (Fsp3) is 0.375. The molecule has 0 bridgehead atoms. The largest absolute Gasteiger partial charge is 0.307 e. The third-order valence-electron chi connectivity index (χ3n) is 4.11. The van der Waals surface area contributed by atoms with E-state index in [4.69, 9.17) is 9.97 Å². The molecule has 0 unspecified atom stereocenters. The Morgan fingerprint density at radius 1 is 1.20 bits per heavy atom. The Morgan fingerprint density at radius 3 is 2.80 bits per heavy atom. The summed E-state index contributed by atoms with van der Waals surface area (Å²) in [5, 5.41) is 3.40. The minimum absolute atomic E-state index is 0.666. The number of hydrogen-bond donors (Lipinski definition) is 1. The molecule has 1 N–H and O–H groups in total. The van der Waals surface area contributed by atoms with E-state index in [0.29, 0.717) is 5.92 Å². The molecular weight excluding hydrogens is 314 g/mol. The average molecular weight is 330 g/mol. The molecule has 1 aromatic heterocycles. The van der Waals surface area contributed by atoms with E-state index in [1.54, 1.807) is 0 Å². The van der Waals surface area contributed by atoms with Gasteiger partial charge < -0.3 is 5.32 Å². The number of benzene rings is 1. The summed E-state index contributed by atoms with van der Waals surface area (Å²) < 4.78 is 1.12. The first-order valence-electron chi connectivity index (χ1n) is 7.09. The second kappa shape index (κ2) is 4.64. The van der Waals surface area contributed by atoms with Crippen molar-refractivity contribution in [1.29, 1.82) is 0 Å². The molecule has 3 nitrogen and oxygen atoms in total. The van der Waals surface area contributed by atoms with Crippen molar-refractivity contribution in [1.82, 2.24) is 15.3 Å². The zero-order valence-corrected chi connectivity index (χ0v) is 13.0. The number of hydrogen-bond acceptors (Lipinski definition) is 3. The van der Waals surface area contributed by atoms with Gasteiger partial charge in [-0.15, -0.1) is 0 Å². The Bertz CT molecular complexity index is 692. The van der Waals surface area contributed by atoms with E-state index in [0.717, 1.165) is 29.0 Å². The van der Waals surface area contributed by atoms with Gasteiger partial charge in [-0.3, -0.25) is 0 Å². The van der Waals surface area contributed by atoms with Crippen LogP contribution in [0.3, 0.4) is 0 Å². The van der Waals surface area contributed by atoms with E-state index < -0.39 is 0 Å². The molecule has 0 spiro atoms. The van der Waals surface area contributed by atoms with Crippen LogP contribution in [0.2, 0.25) is 0 Å². The van der Waals surface area contributed by atoms with Crippen LogP contribution in [0.4, 0.5) is 0 Å². The van der Waals surface area contributed by atoms with Crippen molar-refractivity contribution in [3.63, 3.8) is 0 Å². The molecule has 1 aliphatic heterocycles. The van der Waals surface area contributed by atoms with Gasteiger partial charge in [0.25, 0.3) is 0 Å². The van der Waals surface area contributed by atoms with E-state index in [1.807, 2.05) is 0 Å². The molecule has 1 saturated carbocycles. The van der Waals surface area contributed by atoms with E-state index in [-0.39, 0.29) is 0 Å². The van der Waals surface area contributed by atoms with Crippen molar-refractivity contribution in [2.24, 2.45) is 0 Å². The number of halogens is 1. The summed E-state index contributed by atoms with van der Waals surface area (Å²) in [5.74, 6) is 1.54. The summed E-state index contributed by atoms with van der Waals surface area (Å²) in [7, 11) is 0. The van der Waals surface area contributed by atoms with Crippen LogP contribution in [0.5, 0.6) is 0 Å². The molecule has 0 radical (unpaired) electrons. The molecule has 0 atom stereocenters. The highest BCUT2D eigenvalue weighted by atomic mass is 79.9. The van der Waals surface area contributed by atoms with E-state index >= 15 is 0 Å². The van der Waals surface area contributed by atoms with Gasteiger partial charge in [0.1, 0.15) is 0 Å². The molecule has 0 saturated heterocycles. The lowest BCUT2D eigenvalue weighted by Gasteiger charge is -2.10. The van der Waals surface area contributed by atoms with E-state index in [2.05, 4.69) is 46.4 Å². The fourth-order valence-corrected chi connectivity index (χ4v) is 3.13. The Hall–Kier alpha value is -1.26. The molecule has 0 amide bonds. The van der Waals surface area contributed by atoms with Crippen LogP contribution >= 0.6 is 15.9 Å². The number of nitrogens with one attached hydrogen (secondary N) is 1. The predicted octanol–water partition coefficient (Wildman–Crippen LogP) is 3.70. The number of nitrogens with zero attached hydrogens (tertiary/aromatic N) is 2. The molecule has 2 aliphatic rings. The summed E-state index contributed by atoms with van der Waals surface area (Å²) in [6, 6.07) is 6.35. The molecule has 2 aromatic rings. The van der Waals surface area contributed by atoms with Gasteiger partial charge in [-0.05, 0) is 31.4 Å². The van der Waals surface area contributed by atoms with Gasteiger partial charge in [-0.2, -0.15) is 0 Å². The Morgan fingerprint density at radius 2 is 2.05 bits per heavy atom. The second-order valence-electron chi connectivity index (χ2n) is 5.70. The van der Waals surface area contributed by atoms with Crippen molar-refractivity contribution in [2.45, 2.75) is 38.8 Å². The third-order valence-corrected chi connectivity index (χ3v) is 4.97. The lowest BCUT2D eigenvalue weighted by molar-refractivity contribution is 0.755. The van der Waals surface area contributed by atoms with Crippen LogP contribution in [-0.2, 0) is 13.1 Å². The first-order valence-corrected chi connectivity index (χ1v) is 7.88. The Kier molecular flexibility index (Phi) is 2.89. The number of rotatable bonds is 2. The third kappa shape index (κ3) is 2.07. The van der Waals surface area contributed by atoms with Crippen LogP contribution in [0.1, 0.15) is 41.3 Å². The summed E-state index contributed by atoms with van der Waals surface area (Å²) in [5.41, 5.74) is 6.15. The van der Waals surface area contributed by atoms with Crippen molar-refractivity contribution in [2.75, 3.05) is 0 Å². The highest BCUT2D eigenvalue weighted by Crippen LogP contribution is 2.42. The monoisotopic (exact) mass is 329 g/mol. The lowest BCUT2D eigenvalue weighted by atomic mass is 10.1. The van der Waals surface area contributed by atoms with Crippen LogP contribution in [0, 0.1) is 6.92 Å². The maximum atomic E-state index is 4.88. The summed E-state index contributed by atoms with van der Waals surface area (Å²) >= 11 is 3.60. The topological polar surface area (TPSA) is 37.8 Å². The number of aromatic nitrogens is 2. The lowest BCUT2D eigenvalue weighted by Crippen LogP contribution is -2.02. The van der Waals surface area contributed by atoms with Gasteiger partial charge in [0, 0.05) is 34.6 Å². The quantitative estimate of drug-likeness (QED) is 0.912. The SMILES string of the molecule is Cc1ccc(-c2nc3c(c(C4CC4)n2)CNC3)cc1Br. The van der Waals surface area contributed by atoms with Gasteiger partial charge in [0.05, 0.1) is 11.4 Å². The van der Waals surface area contributed by atoms with Crippen molar-refractivity contribution in [3.05, 3.63) is 45.2 Å². The van der Waals surface area contributed by atoms with Crippen LogP contribution < -0.4 is 5.32 Å². The van der Waals surface area contributed by atoms with E-state index in [9.17, 15) is 0 Å². The molecule has 2 heterocycles. The molecule has 20 heavy (non-hydrogen) atoms. The van der Waals surface area contributed by atoms with Crippen LogP contribution in [-0.4, -0.2) is 9.97 Å². The van der Waals surface area contributed by atoms with Crippen LogP contribution in [0.25, 0.3) is 11.4 Å². The molecule has 4 rings (SSSR count). The average Bonchev–Trinajstić information content (AvgIpc) is 3.18. The molecule has 1 aromatic carbocycles. The highest BCUT2D eigenvalue weighted by molar-refractivity contribution is 9.10. The van der Waals surface area contributed by atoms with Gasteiger partial charge in [-0.1, -0.05) is 28.1 Å². The van der Waals surface area contributed by atoms with Crippen LogP contribution in [0.15, 0.2) is 22.7 Å². The van der Waals surface area contributed by atoms with Gasteiger partial charge >= 0.3 is 0 Å². The van der Waals surface area contributed by atoms with Gasteiger partial charge in [0.15, 0.2) is 5.82 Å². The van der Waals surface area contributed by atoms with Crippen molar-refractivity contribution >= 4 is 15.9 Å². The fourth-order valence-electron chi connectivity index (χ4n) is 2.75. The van der Waals surface area contributed by atoms with Crippen molar-refractivity contribution < 1.29 is 0 Å². The molecule has 1 fully saturated rings. The molecular formula is C16H16BrN3. The zero-order valence-electron chi connectivity index (χ0n) is 11.4. The maximum absolute atomic E-state index is 4.88. The number of fused-ring (bicyclic) bond motifs is 1. The molecule has 1 aliphatic carbocycles. The standard InChI is InChI=1S/C16H16BrN3/c1-9-2-3-11(6-13(9)17)16-19-14-8-18-7-12(14)15(20-16)10-4-5-10/h2-3,6,10,18H,4-5,7-8H2,1H3.